The Hall–Kier alpha value is -3.02. The van der Waals surface area contributed by atoms with Gasteiger partial charge in [0, 0.05) is 18.2 Å². The summed E-state index contributed by atoms with van der Waals surface area (Å²) in [6, 6.07) is 12.3. The number of hydrogen-bond acceptors (Lipinski definition) is 3. The highest BCUT2D eigenvalue weighted by atomic mass is 16.3. The number of fused-ring (bicyclic) bond motifs is 4. The van der Waals surface area contributed by atoms with Gasteiger partial charge < -0.3 is 19.2 Å². The Morgan fingerprint density at radius 3 is 2.63 bits per heavy atom. The lowest BCUT2D eigenvalue weighted by molar-refractivity contribution is -0.135. The summed E-state index contributed by atoms with van der Waals surface area (Å²) in [5.41, 5.74) is 3.68. The minimum atomic E-state index is -0.997. The first-order chi connectivity index (χ1) is 17.0. The predicted octanol–water partition coefficient (Wildman–Crippen LogP) is 5.67. The van der Waals surface area contributed by atoms with E-state index in [0.29, 0.717) is 17.8 Å². The first-order valence-electron chi connectivity index (χ1n) is 13.3. The number of benzene rings is 1. The molecule has 0 radical (unpaired) electrons. The van der Waals surface area contributed by atoms with E-state index in [2.05, 4.69) is 23.5 Å². The lowest BCUT2D eigenvalue weighted by Crippen LogP contribution is -2.65. The molecule has 1 N–H and O–H groups in total. The number of hydrogen-bond donors (Lipinski definition) is 1. The maximum Gasteiger partial charge on any atom is 0.272 e. The molecular weight excluding hydrogens is 438 g/mol. The number of rotatable bonds is 3. The fourth-order valence-electron chi connectivity index (χ4n) is 6.67. The smallest absolute Gasteiger partial charge is 0.272 e. The standard InChI is InChI=1S/C29H35N3O3/c1-19-16-24-26(35-19)17-25-27(33)32(23-15-9-11-20-10-7-8-14-22(20)23)29(2,18-31(24)25)28(34)30-21-12-5-3-4-6-13-21/h7-8,10,14,16-17,21,23H,3-6,9,11-13,15,18H2,1-2H3,(H,30,34)/t23-,29-/m0/s1. The molecule has 1 saturated carbocycles. The van der Waals surface area contributed by atoms with Crippen LogP contribution in [-0.2, 0) is 17.8 Å². The van der Waals surface area contributed by atoms with E-state index >= 15 is 0 Å². The van der Waals surface area contributed by atoms with E-state index in [9.17, 15) is 9.59 Å². The number of nitrogens with one attached hydrogen (secondary N) is 1. The van der Waals surface area contributed by atoms with Gasteiger partial charge in [0.1, 0.15) is 17.0 Å². The molecule has 1 fully saturated rings. The molecule has 0 unspecified atom stereocenters. The van der Waals surface area contributed by atoms with Crippen molar-refractivity contribution in [1.82, 2.24) is 14.8 Å². The van der Waals surface area contributed by atoms with Crippen LogP contribution in [0.1, 0.15) is 91.7 Å². The monoisotopic (exact) mass is 473 g/mol. The van der Waals surface area contributed by atoms with E-state index in [4.69, 9.17) is 4.42 Å². The van der Waals surface area contributed by atoms with Gasteiger partial charge in [0.15, 0.2) is 5.58 Å². The van der Waals surface area contributed by atoms with Gasteiger partial charge in [0.2, 0.25) is 5.91 Å². The van der Waals surface area contributed by atoms with Crippen LogP contribution in [0.3, 0.4) is 0 Å². The first-order valence-corrected chi connectivity index (χ1v) is 13.3. The number of furan rings is 1. The molecule has 3 heterocycles. The highest BCUT2D eigenvalue weighted by Crippen LogP contribution is 2.43. The van der Waals surface area contributed by atoms with Gasteiger partial charge in [-0.15, -0.1) is 0 Å². The molecule has 35 heavy (non-hydrogen) atoms. The van der Waals surface area contributed by atoms with Crippen molar-refractivity contribution < 1.29 is 14.0 Å². The van der Waals surface area contributed by atoms with E-state index in [-0.39, 0.29) is 23.9 Å². The van der Waals surface area contributed by atoms with Crippen molar-refractivity contribution in [2.75, 3.05) is 0 Å². The van der Waals surface area contributed by atoms with Crippen LogP contribution in [0.5, 0.6) is 0 Å². The highest BCUT2D eigenvalue weighted by Gasteiger charge is 2.51. The van der Waals surface area contributed by atoms with Crippen molar-refractivity contribution in [2.45, 2.75) is 95.8 Å². The number of carbonyl (C=O) groups is 2. The number of nitrogens with zero attached hydrogens (tertiary/aromatic N) is 2. The molecule has 3 aliphatic rings. The Morgan fingerprint density at radius 2 is 1.83 bits per heavy atom. The van der Waals surface area contributed by atoms with E-state index in [1.807, 2.05) is 41.5 Å². The third-order valence-electron chi connectivity index (χ3n) is 8.48. The minimum Gasteiger partial charge on any atom is -0.460 e. The van der Waals surface area contributed by atoms with Gasteiger partial charge in [-0.05, 0) is 57.1 Å². The molecule has 1 aliphatic heterocycles. The molecule has 2 atom stereocenters. The van der Waals surface area contributed by atoms with Crippen molar-refractivity contribution in [3.8, 4) is 0 Å². The van der Waals surface area contributed by atoms with Gasteiger partial charge in [-0.2, -0.15) is 0 Å². The average Bonchev–Trinajstić information content (AvgIpc) is 3.24. The van der Waals surface area contributed by atoms with Gasteiger partial charge in [0.05, 0.1) is 18.1 Å². The van der Waals surface area contributed by atoms with Crippen LogP contribution >= 0.6 is 0 Å². The fraction of sp³-hybridized carbons (Fsp3) is 0.517. The second-order valence-electron chi connectivity index (χ2n) is 10.9. The number of aromatic nitrogens is 1. The van der Waals surface area contributed by atoms with Crippen molar-refractivity contribution in [2.24, 2.45) is 0 Å². The fourth-order valence-corrected chi connectivity index (χ4v) is 6.67. The van der Waals surface area contributed by atoms with Crippen LogP contribution in [0, 0.1) is 6.92 Å². The van der Waals surface area contributed by atoms with Crippen LogP contribution in [-0.4, -0.2) is 32.9 Å². The molecule has 184 valence electrons. The maximum atomic E-state index is 14.2. The SMILES string of the molecule is Cc1cc2c(cc3n2C[C@@](C)(C(=O)NC2CCCCCC2)N([C@H]2CCCc4ccccc42)C3=O)o1. The number of carbonyl (C=O) groups excluding carboxylic acids is 2. The molecule has 6 heteroatoms. The Labute approximate surface area is 206 Å². The molecule has 0 saturated heterocycles. The third kappa shape index (κ3) is 3.69. The summed E-state index contributed by atoms with van der Waals surface area (Å²) < 4.78 is 7.88. The normalized spacial score (nSPS) is 25.3. The van der Waals surface area contributed by atoms with Crippen molar-refractivity contribution in [1.29, 1.82) is 0 Å². The zero-order valence-corrected chi connectivity index (χ0v) is 20.8. The summed E-state index contributed by atoms with van der Waals surface area (Å²) in [5.74, 6) is 0.694. The molecule has 2 aromatic heterocycles. The van der Waals surface area contributed by atoms with E-state index < -0.39 is 5.54 Å². The summed E-state index contributed by atoms with van der Waals surface area (Å²) in [6.45, 7) is 4.31. The molecule has 0 bridgehead atoms. The molecule has 1 aromatic carbocycles. The largest absolute Gasteiger partial charge is 0.460 e. The lowest BCUT2D eigenvalue weighted by atomic mass is 9.82. The first kappa shape index (κ1) is 22.4. The van der Waals surface area contributed by atoms with Crippen LogP contribution in [0.4, 0.5) is 0 Å². The Kier molecular flexibility index (Phi) is 5.50. The zero-order chi connectivity index (χ0) is 24.2. The van der Waals surface area contributed by atoms with Gasteiger partial charge in [-0.1, -0.05) is 49.9 Å². The van der Waals surface area contributed by atoms with Crippen molar-refractivity contribution >= 4 is 22.9 Å². The van der Waals surface area contributed by atoms with Crippen molar-refractivity contribution in [3.05, 3.63) is 59.0 Å². The van der Waals surface area contributed by atoms with Gasteiger partial charge in [0.25, 0.3) is 5.91 Å². The van der Waals surface area contributed by atoms with Crippen molar-refractivity contribution in [3.63, 3.8) is 0 Å². The van der Waals surface area contributed by atoms with E-state index in [0.717, 1.165) is 56.2 Å². The Bertz CT molecular complexity index is 1280. The quantitative estimate of drug-likeness (QED) is 0.498. The summed E-state index contributed by atoms with van der Waals surface area (Å²) in [6.07, 6.45) is 9.69. The third-order valence-corrected chi connectivity index (χ3v) is 8.48. The van der Waals surface area contributed by atoms with Crippen LogP contribution in [0.15, 0.2) is 40.8 Å². The van der Waals surface area contributed by atoms with Crippen LogP contribution < -0.4 is 5.32 Å². The second-order valence-corrected chi connectivity index (χ2v) is 10.9. The topological polar surface area (TPSA) is 67.5 Å². The predicted molar refractivity (Wildman–Crippen MR) is 135 cm³/mol. The summed E-state index contributed by atoms with van der Waals surface area (Å²) in [5, 5.41) is 3.39. The molecule has 2 amide bonds. The van der Waals surface area contributed by atoms with Gasteiger partial charge in [-0.25, -0.2) is 0 Å². The molecular formula is C29H35N3O3. The summed E-state index contributed by atoms with van der Waals surface area (Å²) in [4.78, 5) is 30.3. The molecule has 0 spiro atoms. The Morgan fingerprint density at radius 1 is 1.06 bits per heavy atom. The minimum absolute atomic E-state index is 0.0338. The maximum absolute atomic E-state index is 14.2. The summed E-state index contributed by atoms with van der Waals surface area (Å²) in [7, 11) is 0. The molecule has 3 aromatic rings. The van der Waals surface area contributed by atoms with Gasteiger partial charge >= 0.3 is 0 Å². The van der Waals surface area contributed by atoms with Crippen LogP contribution in [0.25, 0.3) is 11.1 Å². The average molecular weight is 474 g/mol. The van der Waals surface area contributed by atoms with E-state index in [1.54, 1.807) is 0 Å². The summed E-state index contributed by atoms with van der Waals surface area (Å²) >= 11 is 0. The number of aryl methyl sites for hydroxylation is 2. The molecule has 6 rings (SSSR count). The second kappa shape index (κ2) is 8.58. The molecule has 6 nitrogen and oxygen atoms in total. The lowest BCUT2D eigenvalue weighted by Gasteiger charge is -2.49. The Balaban J connectivity index is 1.44. The van der Waals surface area contributed by atoms with Crippen LogP contribution in [0.2, 0.25) is 0 Å². The van der Waals surface area contributed by atoms with Gasteiger partial charge in [-0.3, -0.25) is 9.59 Å². The highest BCUT2D eigenvalue weighted by molar-refractivity contribution is 6.03. The van der Waals surface area contributed by atoms with E-state index in [1.165, 1.54) is 24.0 Å². The molecule has 2 aliphatic carbocycles. The zero-order valence-electron chi connectivity index (χ0n) is 20.8. The number of amides is 2.